The van der Waals surface area contributed by atoms with Gasteiger partial charge in [-0.2, -0.15) is 0 Å². The number of hydrogen-bond donors (Lipinski definition) is 1. The Balaban J connectivity index is 1.59. The van der Waals surface area contributed by atoms with Gasteiger partial charge in [0.25, 0.3) is 0 Å². The van der Waals surface area contributed by atoms with E-state index in [-0.39, 0.29) is 11.1 Å². The molecular formula is C16H18ClFN4O. The minimum atomic E-state index is -0.497. The normalized spacial score (nSPS) is 18.0. The van der Waals surface area contributed by atoms with E-state index >= 15 is 0 Å². The third-order valence-corrected chi connectivity index (χ3v) is 4.29. The number of anilines is 1. The Bertz CT molecular complexity index is 677. The molecule has 2 amide bonds. The van der Waals surface area contributed by atoms with Crippen LogP contribution in [0.2, 0.25) is 5.02 Å². The highest BCUT2D eigenvalue weighted by molar-refractivity contribution is 6.31. The van der Waals surface area contributed by atoms with Gasteiger partial charge in [-0.1, -0.05) is 11.6 Å². The fraction of sp³-hybridized carbons (Fsp3) is 0.375. The number of carbonyl (C=O) groups excluding carboxylic acids is 1. The summed E-state index contributed by atoms with van der Waals surface area (Å²) in [7, 11) is 0. The van der Waals surface area contributed by atoms with Crippen LogP contribution in [0.1, 0.15) is 12.8 Å². The molecule has 5 nitrogen and oxygen atoms in total. The van der Waals surface area contributed by atoms with Crippen LogP contribution in [-0.4, -0.2) is 33.6 Å². The van der Waals surface area contributed by atoms with E-state index in [9.17, 15) is 9.18 Å². The van der Waals surface area contributed by atoms with Crippen LogP contribution in [0.15, 0.2) is 36.9 Å². The number of amides is 2. The first-order chi connectivity index (χ1) is 11.1. The van der Waals surface area contributed by atoms with Crippen LogP contribution >= 0.6 is 11.6 Å². The lowest BCUT2D eigenvalue weighted by Crippen LogP contribution is -2.43. The van der Waals surface area contributed by atoms with Crippen LogP contribution in [0.3, 0.4) is 0 Å². The largest absolute Gasteiger partial charge is 0.337 e. The number of carbonyl (C=O) groups is 1. The summed E-state index contributed by atoms with van der Waals surface area (Å²) in [6.45, 7) is 2.27. The lowest BCUT2D eigenvalue weighted by Gasteiger charge is -2.33. The first-order valence-corrected chi connectivity index (χ1v) is 7.96. The van der Waals surface area contributed by atoms with Crippen molar-refractivity contribution in [3.05, 3.63) is 47.8 Å². The van der Waals surface area contributed by atoms with Gasteiger partial charge in [-0.05, 0) is 37.0 Å². The Kier molecular flexibility index (Phi) is 4.81. The summed E-state index contributed by atoms with van der Waals surface area (Å²) in [5.41, 5.74) is 0.498. The molecule has 1 aliphatic heterocycles. The highest BCUT2D eigenvalue weighted by Crippen LogP contribution is 2.22. The molecule has 7 heteroatoms. The van der Waals surface area contributed by atoms with Crippen molar-refractivity contribution >= 4 is 23.3 Å². The number of hydrogen-bond acceptors (Lipinski definition) is 2. The van der Waals surface area contributed by atoms with Crippen molar-refractivity contribution in [3.8, 4) is 0 Å². The van der Waals surface area contributed by atoms with Crippen molar-refractivity contribution in [1.29, 1.82) is 0 Å². The van der Waals surface area contributed by atoms with Gasteiger partial charge in [0.2, 0.25) is 0 Å². The zero-order valence-electron chi connectivity index (χ0n) is 12.6. The Hall–Kier alpha value is -2.08. The van der Waals surface area contributed by atoms with Crippen molar-refractivity contribution < 1.29 is 9.18 Å². The number of aromatic nitrogens is 2. The fourth-order valence-electron chi connectivity index (χ4n) is 2.87. The van der Waals surface area contributed by atoms with E-state index in [4.69, 9.17) is 11.6 Å². The summed E-state index contributed by atoms with van der Waals surface area (Å²) >= 11 is 5.74. The number of nitrogens with one attached hydrogen (secondary N) is 1. The molecule has 0 bridgehead atoms. The lowest BCUT2D eigenvalue weighted by molar-refractivity contribution is 0.170. The zero-order chi connectivity index (χ0) is 16.2. The van der Waals surface area contributed by atoms with Crippen LogP contribution in [-0.2, 0) is 6.54 Å². The van der Waals surface area contributed by atoms with Gasteiger partial charge < -0.3 is 14.8 Å². The third-order valence-electron chi connectivity index (χ3n) is 4.01. The van der Waals surface area contributed by atoms with E-state index in [0.717, 1.165) is 25.9 Å². The first kappa shape index (κ1) is 15.8. The van der Waals surface area contributed by atoms with Crippen molar-refractivity contribution in [2.75, 3.05) is 18.4 Å². The SMILES string of the molecule is O=C(Nc1ccc(F)c(Cl)c1)N1CCC[C@H](Cn2ccnc2)C1. The van der Waals surface area contributed by atoms with Gasteiger partial charge in [0.05, 0.1) is 11.3 Å². The van der Waals surface area contributed by atoms with E-state index in [2.05, 4.69) is 10.3 Å². The Morgan fingerprint density at radius 3 is 3.09 bits per heavy atom. The third kappa shape index (κ3) is 4.01. The lowest BCUT2D eigenvalue weighted by atomic mass is 9.98. The summed E-state index contributed by atoms with van der Waals surface area (Å²) in [6.07, 6.45) is 7.53. The molecule has 0 radical (unpaired) electrons. The van der Waals surface area contributed by atoms with Gasteiger partial charge in [-0.3, -0.25) is 0 Å². The summed E-state index contributed by atoms with van der Waals surface area (Å²) in [6, 6.07) is 3.99. The quantitative estimate of drug-likeness (QED) is 0.930. The molecule has 0 unspecified atom stereocenters. The average Bonchev–Trinajstić information content (AvgIpc) is 3.04. The standard InChI is InChI=1S/C16H18ClFN4O/c17-14-8-13(3-4-15(14)18)20-16(23)22-6-1-2-12(10-22)9-21-7-5-19-11-21/h3-5,7-8,11-12H,1-2,6,9-10H2,(H,20,23)/t12-/m1/s1. The van der Waals surface area contributed by atoms with Crippen LogP contribution in [0, 0.1) is 11.7 Å². The van der Waals surface area contributed by atoms with Gasteiger partial charge in [-0.25, -0.2) is 14.2 Å². The molecular weight excluding hydrogens is 319 g/mol. The smallest absolute Gasteiger partial charge is 0.321 e. The minimum Gasteiger partial charge on any atom is -0.337 e. The summed E-state index contributed by atoms with van der Waals surface area (Å²) in [5, 5.41) is 2.78. The van der Waals surface area contributed by atoms with Crippen molar-refractivity contribution in [2.45, 2.75) is 19.4 Å². The maximum absolute atomic E-state index is 13.2. The highest BCUT2D eigenvalue weighted by atomic mass is 35.5. The number of urea groups is 1. The highest BCUT2D eigenvalue weighted by Gasteiger charge is 2.24. The first-order valence-electron chi connectivity index (χ1n) is 7.58. The molecule has 1 atom stereocenters. The average molecular weight is 337 g/mol. The number of rotatable bonds is 3. The molecule has 1 aromatic carbocycles. The molecule has 0 spiro atoms. The van der Waals surface area contributed by atoms with Gasteiger partial charge in [0.15, 0.2) is 0 Å². The molecule has 3 rings (SSSR count). The molecule has 0 aliphatic carbocycles. The molecule has 2 aromatic rings. The van der Waals surface area contributed by atoms with Crippen LogP contribution < -0.4 is 5.32 Å². The molecule has 1 fully saturated rings. The Labute approximate surface area is 139 Å². The van der Waals surface area contributed by atoms with E-state index < -0.39 is 5.82 Å². The van der Waals surface area contributed by atoms with Gasteiger partial charge in [-0.15, -0.1) is 0 Å². The molecule has 122 valence electrons. The second-order valence-corrected chi connectivity index (χ2v) is 6.18. The second kappa shape index (κ2) is 7.00. The maximum Gasteiger partial charge on any atom is 0.321 e. The van der Waals surface area contributed by atoms with E-state index in [1.165, 1.54) is 18.2 Å². The van der Waals surface area contributed by atoms with Crippen molar-refractivity contribution in [2.24, 2.45) is 5.92 Å². The van der Waals surface area contributed by atoms with Crippen LogP contribution in [0.4, 0.5) is 14.9 Å². The Morgan fingerprint density at radius 1 is 1.48 bits per heavy atom. The summed E-state index contributed by atoms with van der Waals surface area (Å²) in [5.74, 6) is -0.0939. The molecule has 0 saturated carbocycles. The molecule has 2 heterocycles. The molecule has 1 saturated heterocycles. The van der Waals surface area contributed by atoms with Gasteiger partial charge >= 0.3 is 6.03 Å². The Morgan fingerprint density at radius 2 is 2.35 bits per heavy atom. The summed E-state index contributed by atoms with van der Waals surface area (Å²) < 4.78 is 15.2. The predicted molar refractivity (Wildman–Crippen MR) is 87.0 cm³/mol. The monoisotopic (exact) mass is 336 g/mol. The molecule has 23 heavy (non-hydrogen) atoms. The molecule has 1 N–H and O–H groups in total. The summed E-state index contributed by atoms with van der Waals surface area (Å²) in [4.78, 5) is 18.2. The van der Waals surface area contributed by atoms with Crippen LogP contribution in [0.25, 0.3) is 0 Å². The second-order valence-electron chi connectivity index (χ2n) is 5.77. The fourth-order valence-corrected chi connectivity index (χ4v) is 3.05. The van der Waals surface area contributed by atoms with E-state index in [1.807, 2.05) is 10.8 Å². The number of likely N-dealkylation sites (tertiary alicyclic amines) is 1. The molecule has 1 aliphatic rings. The van der Waals surface area contributed by atoms with Crippen molar-refractivity contribution in [1.82, 2.24) is 14.5 Å². The number of piperidine rings is 1. The zero-order valence-corrected chi connectivity index (χ0v) is 13.3. The predicted octanol–water partition coefficient (Wildman–Crippen LogP) is 3.62. The van der Waals surface area contributed by atoms with E-state index in [1.54, 1.807) is 17.4 Å². The number of imidazole rings is 1. The maximum atomic E-state index is 13.2. The molecule has 1 aromatic heterocycles. The number of benzene rings is 1. The number of nitrogens with zero attached hydrogens (tertiary/aromatic N) is 3. The number of halogens is 2. The van der Waals surface area contributed by atoms with Gasteiger partial charge in [0, 0.05) is 37.7 Å². The van der Waals surface area contributed by atoms with E-state index in [0.29, 0.717) is 18.2 Å². The van der Waals surface area contributed by atoms with Gasteiger partial charge in [0.1, 0.15) is 5.82 Å². The van der Waals surface area contributed by atoms with Crippen LogP contribution in [0.5, 0.6) is 0 Å². The van der Waals surface area contributed by atoms with Crippen molar-refractivity contribution in [3.63, 3.8) is 0 Å². The minimum absolute atomic E-state index is 0.000529. The topological polar surface area (TPSA) is 50.2 Å².